The lowest BCUT2D eigenvalue weighted by Crippen LogP contribution is -2.06. The fraction of sp³-hybridized carbons (Fsp3) is 0.231. The average Bonchev–Trinajstić information content (AvgIpc) is 2.37. The van der Waals surface area contributed by atoms with Gasteiger partial charge in [-0.3, -0.25) is 4.98 Å². The first kappa shape index (κ1) is 12.6. The molecule has 0 fully saturated rings. The van der Waals surface area contributed by atoms with Crippen LogP contribution in [0, 0.1) is 0 Å². The van der Waals surface area contributed by atoms with E-state index in [1.807, 2.05) is 6.92 Å². The van der Waals surface area contributed by atoms with Crippen LogP contribution in [0.15, 0.2) is 18.2 Å². The summed E-state index contributed by atoms with van der Waals surface area (Å²) in [6.45, 7) is 1.84. The summed E-state index contributed by atoms with van der Waals surface area (Å²) in [4.78, 5) is 15.6. The number of halogens is 1. The predicted octanol–water partition coefficient (Wildman–Crippen LogP) is 3.16. The lowest BCUT2D eigenvalue weighted by molar-refractivity contribution is 0.0695. The zero-order valence-corrected chi connectivity index (χ0v) is 10.8. The third-order valence-corrected chi connectivity index (χ3v) is 3.15. The second-order valence-electron chi connectivity index (χ2n) is 3.79. The van der Waals surface area contributed by atoms with E-state index in [9.17, 15) is 9.90 Å². The molecule has 4 nitrogen and oxygen atoms in total. The van der Waals surface area contributed by atoms with Crippen LogP contribution in [-0.2, 0) is 6.42 Å². The summed E-state index contributed by atoms with van der Waals surface area (Å²) in [5, 5.41) is 10.0. The van der Waals surface area contributed by atoms with Gasteiger partial charge >= 0.3 is 5.97 Å². The number of benzene rings is 1. The van der Waals surface area contributed by atoms with E-state index in [1.165, 1.54) is 0 Å². The van der Waals surface area contributed by atoms with Crippen molar-refractivity contribution >= 4 is 28.5 Å². The monoisotopic (exact) mass is 265 g/mol. The summed E-state index contributed by atoms with van der Waals surface area (Å²) < 4.78 is 5.11. The van der Waals surface area contributed by atoms with Crippen LogP contribution in [-0.4, -0.2) is 23.2 Å². The molecule has 1 N–H and O–H groups in total. The van der Waals surface area contributed by atoms with Crippen LogP contribution in [0.2, 0.25) is 5.02 Å². The van der Waals surface area contributed by atoms with Gasteiger partial charge < -0.3 is 9.84 Å². The van der Waals surface area contributed by atoms with Gasteiger partial charge in [0, 0.05) is 11.5 Å². The van der Waals surface area contributed by atoms with Crippen molar-refractivity contribution in [1.82, 2.24) is 4.98 Å². The molecule has 94 valence electrons. The van der Waals surface area contributed by atoms with E-state index in [-0.39, 0.29) is 10.6 Å². The van der Waals surface area contributed by atoms with Crippen LogP contribution in [0.5, 0.6) is 5.75 Å². The molecule has 0 aliphatic rings. The number of aromatic nitrogens is 1. The number of aryl methyl sites for hydroxylation is 1. The molecule has 0 aliphatic heterocycles. The number of methoxy groups -OCH3 is 1. The second-order valence-corrected chi connectivity index (χ2v) is 4.17. The van der Waals surface area contributed by atoms with Gasteiger partial charge in [0.15, 0.2) is 0 Å². The Bertz CT molecular complexity index is 625. The van der Waals surface area contributed by atoms with Crippen molar-refractivity contribution in [1.29, 1.82) is 0 Å². The van der Waals surface area contributed by atoms with E-state index in [0.717, 1.165) is 0 Å². The fourth-order valence-corrected chi connectivity index (χ4v) is 2.20. The number of carbonyl (C=O) groups is 1. The van der Waals surface area contributed by atoms with Crippen LogP contribution in [0.25, 0.3) is 10.9 Å². The Balaban J connectivity index is 2.81. The van der Waals surface area contributed by atoms with Gasteiger partial charge in [0.25, 0.3) is 0 Å². The Morgan fingerprint density at radius 2 is 2.22 bits per heavy atom. The number of pyridine rings is 1. The van der Waals surface area contributed by atoms with Gasteiger partial charge in [0.1, 0.15) is 11.3 Å². The Morgan fingerprint density at radius 3 is 2.78 bits per heavy atom. The third kappa shape index (κ3) is 1.99. The van der Waals surface area contributed by atoms with Crippen molar-refractivity contribution in [2.75, 3.05) is 7.11 Å². The van der Waals surface area contributed by atoms with Gasteiger partial charge in [-0.05, 0) is 18.6 Å². The molecule has 0 saturated carbocycles. The fourth-order valence-electron chi connectivity index (χ4n) is 1.85. The number of rotatable bonds is 3. The van der Waals surface area contributed by atoms with Crippen molar-refractivity contribution < 1.29 is 14.6 Å². The third-order valence-electron chi connectivity index (χ3n) is 2.75. The topological polar surface area (TPSA) is 59.4 Å². The van der Waals surface area contributed by atoms with Gasteiger partial charge in [0.05, 0.1) is 23.3 Å². The zero-order valence-electron chi connectivity index (χ0n) is 10.0. The van der Waals surface area contributed by atoms with Crippen molar-refractivity contribution in [3.63, 3.8) is 0 Å². The molecule has 0 spiro atoms. The number of aromatic carboxylic acids is 1. The molecule has 0 atom stereocenters. The molecule has 2 rings (SSSR count). The summed E-state index contributed by atoms with van der Waals surface area (Å²) in [6, 6.07) is 5.19. The molecule has 18 heavy (non-hydrogen) atoms. The minimum Gasteiger partial charge on any atom is -0.497 e. The van der Waals surface area contributed by atoms with E-state index < -0.39 is 5.97 Å². The number of carboxylic acid groups (broad SMARTS) is 1. The SMILES string of the molecule is CCc1nc2cc(OC)ccc2c(Cl)c1C(=O)O. The Morgan fingerprint density at radius 1 is 1.50 bits per heavy atom. The maximum Gasteiger partial charge on any atom is 0.339 e. The largest absolute Gasteiger partial charge is 0.497 e. The molecular weight excluding hydrogens is 254 g/mol. The number of carboxylic acids is 1. The number of hydrogen-bond acceptors (Lipinski definition) is 3. The molecule has 2 aromatic rings. The van der Waals surface area contributed by atoms with Gasteiger partial charge in [-0.15, -0.1) is 0 Å². The maximum atomic E-state index is 11.2. The van der Waals surface area contributed by atoms with E-state index in [1.54, 1.807) is 25.3 Å². The van der Waals surface area contributed by atoms with Gasteiger partial charge in [-0.1, -0.05) is 18.5 Å². The van der Waals surface area contributed by atoms with E-state index in [2.05, 4.69) is 4.98 Å². The highest BCUT2D eigenvalue weighted by atomic mass is 35.5. The molecule has 0 unspecified atom stereocenters. The summed E-state index contributed by atoms with van der Waals surface area (Å²) >= 11 is 6.15. The molecule has 0 radical (unpaired) electrons. The van der Waals surface area contributed by atoms with Gasteiger partial charge in [0.2, 0.25) is 0 Å². The highest BCUT2D eigenvalue weighted by molar-refractivity contribution is 6.38. The molecule has 1 aromatic carbocycles. The van der Waals surface area contributed by atoms with Crippen molar-refractivity contribution in [3.05, 3.63) is 34.5 Å². The van der Waals surface area contributed by atoms with Crippen LogP contribution in [0.1, 0.15) is 23.0 Å². The first-order valence-corrected chi connectivity index (χ1v) is 5.85. The first-order valence-electron chi connectivity index (χ1n) is 5.47. The van der Waals surface area contributed by atoms with Crippen molar-refractivity contribution in [2.45, 2.75) is 13.3 Å². The summed E-state index contributed by atoms with van der Waals surface area (Å²) in [5.74, 6) is -0.390. The van der Waals surface area contributed by atoms with Gasteiger partial charge in [-0.2, -0.15) is 0 Å². The van der Waals surface area contributed by atoms with Crippen LogP contribution in [0.4, 0.5) is 0 Å². The van der Waals surface area contributed by atoms with Crippen LogP contribution >= 0.6 is 11.6 Å². The Labute approximate surface area is 109 Å². The van der Waals surface area contributed by atoms with E-state index >= 15 is 0 Å². The standard InChI is InChI=1S/C13H12ClNO3/c1-3-9-11(13(16)17)12(14)8-5-4-7(18-2)6-10(8)15-9/h4-6H,3H2,1-2H3,(H,16,17). The molecule has 0 aliphatic carbocycles. The van der Waals surface area contributed by atoms with E-state index in [4.69, 9.17) is 16.3 Å². The summed E-state index contributed by atoms with van der Waals surface area (Å²) in [5.41, 5.74) is 1.20. The molecule has 1 heterocycles. The zero-order chi connectivity index (χ0) is 13.3. The second kappa shape index (κ2) is 4.82. The minimum absolute atomic E-state index is 0.0804. The molecular formula is C13H12ClNO3. The predicted molar refractivity (Wildman–Crippen MR) is 69.6 cm³/mol. The van der Waals surface area contributed by atoms with Crippen LogP contribution in [0.3, 0.4) is 0 Å². The number of nitrogens with zero attached hydrogens (tertiary/aromatic N) is 1. The van der Waals surface area contributed by atoms with Crippen molar-refractivity contribution in [2.24, 2.45) is 0 Å². The number of fused-ring (bicyclic) bond motifs is 1. The number of ether oxygens (including phenoxy) is 1. The lowest BCUT2D eigenvalue weighted by Gasteiger charge is -2.10. The summed E-state index contributed by atoms with van der Waals surface area (Å²) in [7, 11) is 1.56. The molecule has 0 amide bonds. The highest BCUT2D eigenvalue weighted by Crippen LogP contribution is 2.30. The first-order chi connectivity index (χ1) is 8.58. The Hall–Kier alpha value is -1.81. The lowest BCUT2D eigenvalue weighted by atomic mass is 10.1. The number of hydrogen-bond donors (Lipinski definition) is 1. The van der Waals surface area contributed by atoms with Crippen molar-refractivity contribution in [3.8, 4) is 5.75 Å². The Kier molecular flexibility index (Phi) is 3.39. The molecule has 0 bridgehead atoms. The maximum absolute atomic E-state index is 11.2. The highest BCUT2D eigenvalue weighted by Gasteiger charge is 2.18. The van der Waals surface area contributed by atoms with Gasteiger partial charge in [-0.25, -0.2) is 4.79 Å². The average molecular weight is 266 g/mol. The van der Waals surface area contributed by atoms with E-state index in [0.29, 0.717) is 28.8 Å². The van der Waals surface area contributed by atoms with Crippen LogP contribution < -0.4 is 4.74 Å². The smallest absolute Gasteiger partial charge is 0.339 e. The minimum atomic E-state index is -1.05. The summed E-state index contributed by atoms with van der Waals surface area (Å²) in [6.07, 6.45) is 0.508. The quantitative estimate of drug-likeness (QED) is 0.926. The molecule has 0 saturated heterocycles. The normalized spacial score (nSPS) is 10.6. The molecule has 5 heteroatoms. The molecule has 1 aromatic heterocycles.